The van der Waals surface area contributed by atoms with E-state index in [2.05, 4.69) is 5.32 Å². The van der Waals surface area contributed by atoms with Gasteiger partial charge in [-0.3, -0.25) is 14.2 Å². The Hall–Kier alpha value is -2.95. The van der Waals surface area contributed by atoms with Crippen molar-refractivity contribution in [2.45, 2.75) is 20.3 Å². The van der Waals surface area contributed by atoms with E-state index in [9.17, 15) is 14.9 Å². The van der Waals surface area contributed by atoms with Crippen LogP contribution in [-0.4, -0.2) is 17.5 Å². The van der Waals surface area contributed by atoms with Crippen LogP contribution < -0.4 is 20.1 Å². The van der Waals surface area contributed by atoms with Crippen LogP contribution in [0.4, 0.5) is 0 Å². The number of nitriles is 1. The van der Waals surface area contributed by atoms with Crippen LogP contribution in [0.25, 0.3) is 17.3 Å². The minimum atomic E-state index is -0.509. The summed E-state index contributed by atoms with van der Waals surface area (Å²) in [7, 11) is 1.47. The Morgan fingerprint density at radius 3 is 2.61 bits per heavy atom. The number of para-hydroxylation sites is 1. The average molecular weight is 410 g/mol. The van der Waals surface area contributed by atoms with Crippen LogP contribution in [0.1, 0.15) is 22.2 Å². The number of rotatable bonds is 4. The third kappa shape index (κ3) is 3.70. The van der Waals surface area contributed by atoms with Crippen molar-refractivity contribution < 1.29 is 4.79 Å². The first-order valence-electron chi connectivity index (χ1n) is 8.75. The largest absolute Gasteiger partial charge is 0.354 e. The Bertz CT molecular complexity index is 1260. The van der Waals surface area contributed by atoms with Crippen molar-refractivity contribution in [3.05, 3.63) is 71.3 Å². The molecule has 3 rings (SSSR count). The Morgan fingerprint density at radius 2 is 2.00 bits per heavy atom. The molecule has 0 aliphatic heterocycles. The van der Waals surface area contributed by atoms with E-state index in [0.717, 1.165) is 33.1 Å². The van der Waals surface area contributed by atoms with E-state index >= 15 is 0 Å². The lowest BCUT2D eigenvalue weighted by atomic mass is 10.1. The molecule has 28 heavy (non-hydrogen) atoms. The number of amides is 1. The van der Waals surface area contributed by atoms with Gasteiger partial charge in [0.1, 0.15) is 10.7 Å². The molecule has 0 aliphatic rings. The van der Waals surface area contributed by atoms with E-state index in [0.29, 0.717) is 14.9 Å². The molecule has 0 saturated carbocycles. The number of nitrogens with zero attached hydrogens (tertiary/aromatic N) is 2. The molecule has 2 aromatic heterocycles. The van der Waals surface area contributed by atoms with Crippen molar-refractivity contribution in [1.29, 1.82) is 5.26 Å². The summed E-state index contributed by atoms with van der Waals surface area (Å²) in [5.74, 6) is -0.509. The number of hydrogen-bond donors (Lipinski definition) is 1. The predicted octanol–water partition coefficient (Wildman–Crippen LogP) is 2.08. The molecule has 0 atom stereocenters. The molecule has 142 valence electrons. The molecular formula is C21H19N3O2S2. The third-order valence-corrected chi connectivity index (χ3v) is 6.29. The molecule has 1 N–H and O–H groups in total. The SMILES string of the molecule is CCc1ccccc1-n1c(=O)/c(=C\c2ccc(C)s2)s/c1=C(/C#N)C(=O)NC. The predicted molar refractivity (Wildman–Crippen MR) is 114 cm³/mol. The van der Waals surface area contributed by atoms with E-state index in [4.69, 9.17) is 0 Å². The second-order valence-corrected chi connectivity index (χ2v) is 8.40. The zero-order valence-corrected chi connectivity index (χ0v) is 17.4. The van der Waals surface area contributed by atoms with Crippen molar-refractivity contribution in [2.75, 3.05) is 7.05 Å². The fraction of sp³-hybridized carbons (Fsp3) is 0.190. The summed E-state index contributed by atoms with van der Waals surface area (Å²) >= 11 is 2.75. The molecule has 0 fully saturated rings. The summed E-state index contributed by atoms with van der Waals surface area (Å²) in [5.41, 5.74) is 1.36. The zero-order chi connectivity index (χ0) is 20.3. The number of hydrogen-bond acceptors (Lipinski definition) is 5. The highest BCUT2D eigenvalue weighted by molar-refractivity contribution is 7.13. The van der Waals surface area contributed by atoms with E-state index < -0.39 is 5.91 Å². The normalized spacial score (nSPS) is 12.6. The zero-order valence-electron chi connectivity index (χ0n) is 15.8. The molecule has 2 heterocycles. The maximum absolute atomic E-state index is 13.3. The van der Waals surface area contributed by atoms with Crippen molar-refractivity contribution in [3.63, 3.8) is 0 Å². The van der Waals surface area contributed by atoms with Crippen LogP contribution in [0, 0.1) is 18.3 Å². The summed E-state index contributed by atoms with van der Waals surface area (Å²) in [5, 5.41) is 12.1. The molecule has 0 aliphatic carbocycles. The molecule has 0 bridgehead atoms. The Labute approximate surface area is 170 Å². The highest BCUT2D eigenvalue weighted by Crippen LogP contribution is 2.16. The molecule has 3 aromatic rings. The maximum atomic E-state index is 13.3. The first kappa shape index (κ1) is 19.8. The summed E-state index contributed by atoms with van der Waals surface area (Å²) in [6.07, 6.45) is 2.54. The molecule has 5 nitrogen and oxygen atoms in total. The van der Waals surface area contributed by atoms with Gasteiger partial charge >= 0.3 is 0 Å². The average Bonchev–Trinajstić information content (AvgIpc) is 3.25. The van der Waals surface area contributed by atoms with Crippen molar-refractivity contribution in [3.8, 4) is 11.8 Å². The topological polar surface area (TPSA) is 74.9 Å². The molecule has 0 radical (unpaired) electrons. The number of aryl methyl sites for hydroxylation is 2. The van der Waals surface area contributed by atoms with E-state index in [1.165, 1.54) is 11.6 Å². The lowest BCUT2D eigenvalue weighted by Gasteiger charge is -2.08. The van der Waals surface area contributed by atoms with Gasteiger partial charge in [-0.1, -0.05) is 25.1 Å². The number of thiophene rings is 1. The van der Waals surface area contributed by atoms with Crippen LogP contribution in [0.2, 0.25) is 0 Å². The van der Waals surface area contributed by atoms with E-state index in [-0.39, 0.29) is 11.1 Å². The number of aromatic nitrogens is 1. The molecule has 0 unspecified atom stereocenters. The Balaban J connectivity index is 2.46. The first-order chi connectivity index (χ1) is 13.5. The molecular weight excluding hydrogens is 390 g/mol. The van der Waals surface area contributed by atoms with Crippen molar-refractivity contribution >= 4 is 40.2 Å². The van der Waals surface area contributed by atoms with Gasteiger partial charge in [-0.2, -0.15) is 5.26 Å². The number of benzene rings is 1. The summed E-state index contributed by atoms with van der Waals surface area (Å²) in [6.45, 7) is 4.01. The van der Waals surface area contributed by atoms with Gasteiger partial charge in [-0.05, 0) is 43.2 Å². The number of nitrogens with one attached hydrogen (secondary N) is 1. The Kier molecular flexibility index (Phi) is 5.93. The van der Waals surface area contributed by atoms with Crippen LogP contribution in [0.15, 0.2) is 41.2 Å². The highest BCUT2D eigenvalue weighted by atomic mass is 32.1. The lowest BCUT2D eigenvalue weighted by molar-refractivity contribution is -0.115. The quantitative estimate of drug-likeness (QED) is 0.717. The molecule has 1 aromatic carbocycles. The van der Waals surface area contributed by atoms with Crippen LogP contribution in [-0.2, 0) is 11.2 Å². The second kappa shape index (κ2) is 8.38. The lowest BCUT2D eigenvalue weighted by Crippen LogP contribution is -2.33. The van der Waals surface area contributed by atoms with Gasteiger partial charge in [0.05, 0.1) is 10.2 Å². The van der Waals surface area contributed by atoms with E-state index in [1.807, 2.05) is 62.4 Å². The minimum Gasteiger partial charge on any atom is -0.354 e. The minimum absolute atomic E-state index is 0.0717. The van der Waals surface area contributed by atoms with Crippen LogP contribution >= 0.6 is 22.7 Å². The maximum Gasteiger partial charge on any atom is 0.273 e. The first-order valence-corrected chi connectivity index (χ1v) is 10.4. The van der Waals surface area contributed by atoms with E-state index in [1.54, 1.807) is 11.3 Å². The molecule has 0 spiro atoms. The standard InChI is InChI=1S/C21H19N3O2S2/c1-4-14-7-5-6-8-17(14)24-20(26)18(11-15-10-9-13(2)27-15)28-21(24)16(12-22)19(25)23-3/h5-11H,4H2,1-3H3,(H,23,25)/b18-11+,21-16-. The van der Waals surface area contributed by atoms with Crippen LogP contribution in [0.5, 0.6) is 0 Å². The highest BCUT2D eigenvalue weighted by Gasteiger charge is 2.17. The fourth-order valence-electron chi connectivity index (χ4n) is 2.88. The van der Waals surface area contributed by atoms with Gasteiger partial charge < -0.3 is 5.32 Å². The van der Waals surface area contributed by atoms with Crippen molar-refractivity contribution in [1.82, 2.24) is 9.88 Å². The molecule has 1 amide bonds. The molecule has 7 heteroatoms. The smallest absolute Gasteiger partial charge is 0.273 e. The van der Waals surface area contributed by atoms with Gasteiger partial charge in [-0.25, -0.2) is 0 Å². The van der Waals surface area contributed by atoms with Gasteiger partial charge in [-0.15, -0.1) is 22.7 Å². The second-order valence-electron chi connectivity index (χ2n) is 6.05. The van der Waals surface area contributed by atoms with Gasteiger partial charge in [0.2, 0.25) is 0 Å². The van der Waals surface area contributed by atoms with Gasteiger partial charge in [0.25, 0.3) is 11.5 Å². The fourth-order valence-corrected chi connectivity index (χ4v) is 4.86. The van der Waals surface area contributed by atoms with Crippen LogP contribution in [0.3, 0.4) is 0 Å². The Morgan fingerprint density at radius 1 is 1.25 bits per heavy atom. The summed E-state index contributed by atoms with van der Waals surface area (Å²) in [4.78, 5) is 27.7. The third-order valence-electron chi connectivity index (χ3n) is 4.25. The van der Waals surface area contributed by atoms with Gasteiger partial charge in [0, 0.05) is 16.8 Å². The number of carbonyl (C=O) groups is 1. The number of thiazole rings is 1. The summed E-state index contributed by atoms with van der Waals surface area (Å²) < 4.78 is 2.32. The molecule has 0 saturated heterocycles. The van der Waals surface area contributed by atoms with Crippen molar-refractivity contribution in [2.24, 2.45) is 0 Å². The number of carbonyl (C=O) groups excluding carboxylic acids is 1. The monoisotopic (exact) mass is 409 g/mol. The summed E-state index contributed by atoms with van der Waals surface area (Å²) in [6, 6.07) is 13.5. The van der Waals surface area contributed by atoms with Gasteiger partial charge in [0.15, 0.2) is 5.57 Å².